The van der Waals surface area contributed by atoms with Crippen molar-refractivity contribution in [1.29, 1.82) is 0 Å². The number of ether oxygens (including phenoxy) is 1. The topological polar surface area (TPSA) is 148 Å². The van der Waals surface area contributed by atoms with Crippen LogP contribution >= 0.6 is 0 Å². The molecule has 0 spiro atoms. The molecule has 4 N–H and O–H groups in total. The maximum atomic E-state index is 13.2. The van der Waals surface area contributed by atoms with Crippen molar-refractivity contribution in [3.63, 3.8) is 0 Å². The summed E-state index contributed by atoms with van der Waals surface area (Å²) in [5.74, 6) is 1.03. The first-order valence-corrected chi connectivity index (χ1v) is 14.8. The SMILES string of the molecule is CCCNCC(=O)N[C@@H](CC/C=C/C(=O)OC)C(=O)Nc1cccn(CC(=O)NC2C3CC4CC(C3)CC2C4)c1=O. The molecule has 4 aliphatic carbocycles. The number of nitrogens with one attached hydrogen (secondary N) is 4. The van der Waals surface area contributed by atoms with E-state index < -0.39 is 23.5 Å². The van der Waals surface area contributed by atoms with E-state index in [1.54, 1.807) is 12.1 Å². The number of anilines is 1. The Hall–Kier alpha value is -3.47. The third-order valence-electron chi connectivity index (χ3n) is 8.59. The Morgan fingerprint density at radius 2 is 1.78 bits per heavy atom. The molecule has 3 amide bonds. The number of nitrogens with zero attached hydrogens (tertiary/aromatic N) is 1. The highest BCUT2D eigenvalue weighted by atomic mass is 16.5. The molecule has 1 aromatic heterocycles. The van der Waals surface area contributed by atoms with Gasteiger partial charge in [0.15, 0.2) is 0 Å². The highest BCUT2D eigenvalue weighted by Gasteiger charge is 2.48. The van der Waals surface area contributed by atoms with Gasteiger partial charge in [0.25, 0.3) is 5.56 Å². The first kappa shape index (κ1) is 30.5. The molecule has 11 heteroatoms. The van der Waals surface area contributed by atoms with E-state index >= 15 is 0 Å². The zero-order valence-electron chi connectivity index (χ0n) is 24.0. The number of carbonyl (C=O) groups excluding carboxylic acids is 4. The van der Waals surface area contributed by atoms with Crippen molar-refractivity contribution < 1.29 is 23.9 Å². The number of pyridine rings is 1. The zero-order valence-corrected chi connectivity index (χ0v) is 24.0. The van der Waals surface area contributed by atoms with E-state index in [1.807, 2.05) is 6.92 Å². The van der Waals surface area contributed by atoms with Gasteiger partial charge in [0, 0.05) is 18.3 Å². The Morgan fingerprint density at radius 1 is 1.07 bits per heavy atom. The lowest BCUT2D eigenvalue weighted by atomic mass is 9.54. The number of rotatable bonds is 14. The number of aromatic nitrogens is 1. The lowest BCUT2D eigenvalue weighted by Gasteiger charge is -2.54. The van der Waals surface area contributed by atoms with E-state index in [2.05, 4.69) is 26.0 Å². The lowest BCUT2D eigenvalue weighted by Crippen LogP contribution is -2.56. The maximum Gasteiger partial charge on any atom is 0.330 e. The largest absolute Gasteiger partial charge is 0.466 e. The van der Waals surface area contributed by atoms with E-state index in [0.29, 0.717) is 24.8 Å². The Morgan fingerprint density at radius 3 is 2.44 bits per heavy atom. The minimum Gasteiger partial charge on any atom is -0.466 e. The van der Waals surface area contributed by atoms with E-state index in [4.69, 9.17) is 0 Å². The summed E-state index contributed by atoms with van der Waals surface area (Å²) in [5, 5.41) is 11.5. The van der Waals surface area contributed by atoms with Crippen molar-refractivity contribution in [3.8, 4) is 0 Å². The molecule has 224 valence electrons. The third-order valence-corrected chi connectivity index (χ3v) is 8.59. The van der Waals surface area contributed by atoms with Crippen LogP contribution in [-0.4, -0.2) is 60.5 Å². The van der Waals surface area contributed by atoms with Crippen molar-refractivity contribution in [2.24, 2.45) is 23.7 Å². The number of methoxy groups -OCH3 is 1. The van der Waals surface area contributed by atoms with Crippen molar-refractivity contribution in [2.75, 3.05) is 25.5 Å². The van der Waals surface area contributed by atoms with E-state index in [-0.39, 0.29) is 43.1 Å². The Bertz CT molecular complexity index is 1170. The second-order valence-corrected chi connectivity index (χ2v) is 11.7. The normalized spacial score (nSPS) is 25.1. The summed E-state index contributed by atoms with van der Waals surface area (Å²) < 4.78 is 5.87. The van der Waals surface area contributed by atoms with Gasteiger partial charge in [0.05, 0.1) is 13.7 Å². The van der Waals surface area contributed by atoms with E-state index in [1.165, 1.54) is 62.1 Å². The maximum absolute atomic E-state index is 13.2. The van der Waals surface area contributed by atoms with E-state index in [9.17, 15) is 24.0 Å². The summed E-state index contributed by atoms with van der Waals surface area (Å²) in [4.78, 5) is 63.1. The van der Waals surface area contributed by atoms with Gasteiger partial charge >= 0.3 is 5.97 Å². The van der Waals surface area contributed by atoms with Crippen LogP contribution in [0.1, 0.15) is 58.3 Å². The van der Waals surface area contributed by atoms with Crippen LogP contribution in [0.3, 0.4) is 0 Å². The van der Waals surface area contributed by atoms with Crippen molar-refractivity contribution in [2.45, 2.75) is 76.9 Å². The summed E-state index contributed by atoms with van der Waals surface area (Å²) in [7, 11) is 1.27. The second-order valence-electron chi connectivity index (χ2n) is 11.7. The molecule has 0 aliphatic heterocycles. The van der Waals surface area contributed by atoms with Crippen LogP contribution in [0.15, 0.2) is 35.3 Å². The molecule has 0 saturated heterocycles. The smallest absolute Gasteiger partial charge is 0.330 e. The highest BCUT2D eigenvalue weighted by Crippen LogP contribution is 2.53. The third kappa shape index (κ3) is 8.28. The van der Waals surface area contributed by atoms with E-state index in [0.717, 1.165) is 18.3 Å². The average molecular weight is 570 g/mol. The molecular weight excluding hydrogens is 526 g/mol. The van der Waals surface area contributed by atoms with Gasteiger partial charge in [-0.3, -0.25) is 19.2 Å². The molecule has 5 rings (SSSR count). The number of esters is 1. The van der Waals surface area contributed by atoms with Crippen LogP contribution in [-0.2, 0) is 30.5 Å². The number of hydrogen-bond donors (Lipinski definition) is 4. The number of carbonyl (C=O) groups is 4. The summed E-state index contributed by atoms with van der Waals surface area (Å²) >= 11 is 0. The minimum absolute atomic E-state index is 0.0217. The fraction of sp³-hybridized carbons (Fsp3) is 0.633. The minimum atomic E-state index is -0.943. The monoisotopic (exact) mass is 569 g/mol. The van der Waals surface area contributed by atoms with Crippen molar-refractivity contribution >= 4 is 29.4 Å². The summed E-state index contributed by atoms with van der Waals surface area (Å²) in [5.41, 5.74) is -0.477. The fourth-order valence-electron chi connectivity index (χ4n) is 6.93. The van der Waals surface area contributed by atoms with Gasteiger partial charge in [-0.1, -0.05) is 13.0 Å². The second kappa shape index (κ2) is 14.4. The molecule has 4 bridgehead atoms. The molecule has 1 atom stereocenters. The van der Waals surface area contributed by atoms with Gasteiger partial charge in [-0.25, -0.2) is 4.79 Å². The van der Waals surface area contributed by atoms with Crippen LogP contribution in [0.25, 0.3) is 0 Å². The Labute approximate surface area is 240 Å². The Balaban J connectivity index is 1.37. The fourth-order valence-corrected chi connectivity index (χ4v) is 6.93. The van der Waals surface area contributed by atoms with Crippen LogP contribution < -0.4 is 26.8 Å². The number of allylic oxidation sites excluding steroid dienone is 1. The molecule has 0 unspecified atom stereocenters. The molecule has 0 radical (unpaired) electrons. The first-order valence-electron chi connectivity index (χ1n) is 14.8. The first-order chi connectivity index (χ1) is 19.8. The predicted octanol–water partition coefficient (Wildman–Crippen LogP) is 1.72. The number of hydrogen-bond acceptors (Lipinski definition) is 7. The van der Waals surface area contributed by atoms with Crippen LogP contribution in [0.5, 0.6) is 0 Å². The van der Waals surface area contributed by atoms with Gasteiger partial charge in [-0.2, -0.15) is 0 Å². The van der Waals surface area contributed by atoms with Gasteiger partial charge in [0.2, 0.25) is 17.7 Å². The molecule has 0 aromatic carbocycles. The Kier molecular flexibility index (Phi) is 10.7. The summed E-state index contributed by atoms with van der Waals surface area (Å²) in [6, 6.07) is 2.32. The van der Waals surface area contributed by atoms with Crippen LogP contribution in [0.2, 0.25) is 0 Å². The molecule has 41 heavy (non-hydrogen) atoms. The zero-order chi connectivity index (χ0) is 29.4. The standard InChI is InChI=1S/C30H43N5O6/c1-3-10-31-17-25(36)32-23(7-4-5-9-27(38)41-2)29(39)33-24-8-6-11-35(30(24)40)18-26(37)34-28-21-13-19-12-20(15-21)16-22(28)14-19/h5-6,8-9,11,19-23,28,31H,3-4,7,10,12-18H2,1-2H3,(H,32,36)(H,33,39)(H,34,37)/b9-5+/t19?,20?,21?,22?,23-,28?/m0/s1. The van der Waals surface area contributed by atoms with Crippen LogP contribution in [0, 0.1) is 23.7 Å². The van der Waals surface area contributed by atoms with Crippen molar-refractivity contribution in [3.05, 3.63) is 40.8 Å². The van der Waals surface area contributed by atoms with Gasteiger partial charge in [-0.15, -0.1) is 0 Å². The molecule has 4 fully saturated rings. The molecule has 1 heterocycles. The van der Waals surface area contributed by atoms with Gasteiger partial charge in [-0.05, 0) is 93.7 Å². The summed E-state index contributed by atoms with van der Waals surface area (Å²) in [6.07, 6.45) is 11.8. The quantitative estimate of drug-likeness (QED) is 0.152. The van der Waals surface area contributed by atoms with Crippen LogP contribution in [0.4, 0.5) is 5.69 Å². The van der Waals surface area contributed by atoms with Crippen molar-refractivity contribution in [1.82, 2.24) is 20.5 Å². The molecule has 1 aromatic rings. The van der Waals surface area contributed by atoms with Gasteiger partial charge in [0.1, 0.15) is 18.3 Å². The molecule has 4 aliphatic rings. The predicted molar refractivity (Wildman–Crippen MR) is 154 cm³/mol. The molecule has 11 nitrogen and oxygen atoms in total. The molecular formula is C30H43N5O6. The lowest BCUT2D eigenvalue weighted by molar-refractivity contribution is -0.135. The average Bonchev–Trinajstić information content (AvgIpc) is 2.94. The summed E-state index contributed by atoms with van der Waals surface area (Å²) in [6.45, 7) is 2.56. The van der Waals surface area contributed by atoms with Gasteiger partial charge < -0.3 is 30.6 Å². The highest BCUT2D eigenvalue weighted by molar-refractivity contribution is 5.97. The molecule has 4 saturated carbocycles. The number of amides is 3.